The minimum Gasteiger partial charge on any atom is -0.369 e. The minimum atomic E-state index is 0.622. The van der Waals surface area contributed by atoms with Crippen LogP contribution in [-0.4, -0.2) is 12.2 Å². The van der Waals surface area contributed by atoms with Crippen LogP contribution in [-0.2, 0) is 4.74 Å². The van der Waals surface area contributed by atoms with Gasteiger partial charge in [-0.1, -0.05) is 12.2 Å². The van der Waals surface area contributed by atoms with Crippen LogP contribution >= 0.6 is 0 Å². The number of hydrogen-bond donors (Lipinski definition) is 0. The Bertz CT molecular complexity index is 185. The second-order valence-electron chi connectivity index (χ2n) is 3.53. The zero-order valence-electron chi connectivity index (χ0n) is 5.34. The molecule has 2 aliphatic carbocycles. The van der Waals surface area contributed by atoms with Gasteiger partial charge < -0.3 is 4.74 Å². The van der Waals surface area contributed by atoms with Crippen LogP contribution in [0.1, 0.15) is 12.8 Å². The third-order valence-corrected chi connectivity index (χ3v) is 3.03. The SMILES string of the molecule is C=C1C[C@@H]2C[C@H]1[C@H]1O[C@@H]21. The fourth-order valence-corrected chi connectivity index (χ4v) is 2.52. The van der Waals surface area contributed by atoms with Crippen molar-refractivity contribution in [2.24, 2.45) is 11.8 Å². The van der Waals surface area contributed by atoms with Crippen molar-refractivity contribution in [1.29, 1.82) is 0 Å². The van der Waals surface area contributed by atoms with Crippen LogP contribution in [0.5, 0.6) is 0 Å². The number of fused-ring (bicyclic) bond motifs is 5. The van der Waals surface area contributed by atoms with Crippen LogP contribution in [0.15, 0.2) is 12.2 Å². The molecule has 2 bridgehead atoms. The molecule has 0 N–H and O–H groups in total. The van der Waals surface area contributed by atoms with E-state index in [0.29, 0.717) is 12.2 Å². The molecule has 1 heteroatoms. The lowest BCUT2D eigenvalue weighted by molar-refractivity contribution is 0.268. The summed E-state index contributed by atoms with van der Waals surface area (Å²) in [4.78, 5) is 0. The van der Waals surface area contributed by atoms with Crippen molar-refractivity contribution in [1.82, 2.24) is 0 Å². The smallest absolute Gasteiger partial charge is 0.0909 e. The molecule has 2 saturated carbocycles. The molecular formula is C8H10O. The quantitative estimate of drug-likeness (QED) is 0.349. The van der Waals surface area contributed by atoms with Gasteiger partial charge in [-0.3, -0.25) is 0 Å². The summed E-state index contributed by atoms with van der Waals surface area (Å²) >= 11 is 0. The van der Waals surface area contributed by atoms with Gasteiger partial charge in [0, 0.05) is 5.92 Å². The monoisotopic (exact) mass is 122 g/mol. The topological polar surface area (TPSA) is 12.5 Å². The Morgan fingerprint density at radius 3 is 2.89 bits per heavy atom. The maximum atomic E-state index is 5.45. The molecule has 1 saturated heterocycles. The highest BCUT2D eigenvalue weighted by molar-refractivity contribution is 5.24. The molecule has 1 aliphatic heterocycles. The first-order valence-electron chi connectivity index (χ1n) is 3.69. The molecule has 0 aromatic rings. The summed E-state index contributed by atoms with van der Waals surface area (Å²) in [7, 11) is 0. The standard InChI is InChI=1S/C8H10O/c1-4-2-5-3-6(4)8-7(5)9-8/h5-8H,1-3H2/t5-,6-,7+,8-/m1/s1. The van der Waals surface area contributed by atoms with Gasteiger partial charge in [-0.25, -0.2) is 0 Å². The van der Waals surface area contributed by atoms with Gasteiger partial charge in [-0.05, 0) is 18.8 Å². The fourth-order valence-electron chi connectivity index (χ4n) is 2.52. The number of ether oxygens (including phenoxy) is 1. The maximum Gasteiger partial charge on any atom is 0.0909 e. The van der Waals surface area contributed by atoms with E-state index in [1.54, 1.807) is 0 Å². The average Bonchev–Trinajstić information content (AvgIpc) is 2.46. The molecule has 3 aliphatic rings. The zero-order chi connectivity index (χ0) is 6.01. The van der Waals surface area contributed by atoms with E-state index in [0.717, 1.165) is 11.8 Å². The summed E-state index contributed by atoms with van der Waals surface area (Å²) in [5.41, 5.74) is 1.46. The highest BCUT2D eigenvalue weighted by Crippen LogP contribution is 2.57. The van der Waals surface area contributed by atoms with E-state index in [2.05, 4.69) is 6.58 Å². The summed E-state index contributed by atoms with van der Waals surface area (Å²) in [6.07, 6.45) is 3.93. The van der Waals surface area contributed by atoms with Crippen LogP contribution in [0.3, 0.4) is 0 Å². The lowest BCUT2D eigenvalue weighted by atomic mass is 9.96. The van der Waals surface area contributed by atoms with Gasteiger partial charge in [0.1, 0.15) is 0 Å². The first kappa shape index (κ1) is 4.51. The fraction of sp³-hybridized carbons (Fsp3) is 0.750. The van der Waals surface area contributed by atoms with E-state index >= 15 is 0 Å². The minimum absolute atomic E-state index is 0.622. The van der Waals surface area contributed by atoms with Crippen LogP contribution in [0.2, 0.25) is 0 Å². The predicted molar refractivity (Wildman–Crippen MR) is 34.0 cm³/mol. The van der Waals surface area contributed by atoms with Gasteiger partial charge in [0.2, 0.25) is 0 Å². The summed E-state index contributed by atoms with van der Waals surface area (Å²) in [6, 6.07) is 0. The average molecular weight is 122 g/mol. The Labute approximate surface area is 54.7 Å². The normalized spacial score (nSPS) is 60.2. The van der Waals surface area contributed by atoms with Crippen molar-refractivity contribution in [3.8, 4) is 0 Å². The molecular weight excluding hydrogens is 112 g/mol. The molecule has 0 aromatic carbocycles. The largest absolute Gasteiger partial charge is 0.369 e. The second kappa shape index (κ2) is 1.10. The lowest BCUT2D eigenvalue weighted by Gasteiger charge is -2.05. The molecule has 0 unspecified atom stereocenters. The second-order valence-corrected chi connectivity index (χ2v) is 3.53. The molecule has 1 nitrogen and oxygen atoms in total. The first-order valence-corrected chi connectivity index (χ1v) is 3.69. The molecule has 3 fully saturated rings. The highest BCUT2D eigenvalue weighted by atomic mass is 16.6. The zero-order valence-corrected chi connectivity index (χ0v) is 5.34. The highest BCUT2D eigenvalue weighted by Gasteiger charge is 2.60. The molecule has 0 amide bonds. The summed E-state index contributed by atoms with van der Waals surface area (Å²) in [5.74, 6) is 1.63. The Morgan fingerprint density at radius 2 is 2.33 bits per heavy atom. The molecule has 4 atom stereocenters. The van der Waals surface area contributed by atoms with E-state index in [1.165, 1.54) is 18.4 Å². The van der Waals surface area contributed by atoms with Crippen LogP contribution < -0.4 is 0 Å². The van der Waals surface area contributed by atoms with E-state index in [1.807, 2.05) is 0 Å². The van der Waals surface area contributed by atoms with Crippen LogP contribution in [0, 0.1) is 11.8 Å². The maximum absolute atomic E-state index is 5.45. The Morgan fingerprint density at radius 1 is 1.44 bits per heavy atom. The van der Waals surface area contributed by atoms with Gasteiger partial charge in [0.05, 0.1) is 12.2 Å². The first-order chi connectivity index (χ1) is 4.36. The summed E-state index contributed by atoms with van der Waals surface area (Å²) in [6.45, 7) is 4.03. The third kappa shape index (κ3) is 0.379. The van der Waals surface area contributed by atoms with Crippen LogP contribution in [0.25, 0.3) is 0 Å². The van der Waals surface area contributed by atoms with E-state index in [4.69, 9.17) is 4.74 Å². The number of hydrogen-bond acceptors (Lipinski definition) is 1. The molecule has 3 rings (SSSR count). The van der Waals surface area contributed by atoms with Gasteiger partial charge in [-0.2, -0.15) is 0 Å². The summed E-state index contributed by atoms with van der Waals surface area (Å²) in [5, 5.41) is 0. The van der Waals surface area contributed by atoms with Crippen molar-refractivity contribution < 1.29 is 4.74 Å². The van der Waals surface area contributed by atoms with Crippen molar-refractivity contribution >= 4 is 0 Å². The number of rotatable bonds is 0. The van der Waals surface area contributed by atoms with Gasteiger partial charge in [0.15, 0.2) is 0 Å². The third-order valence-electron chi connectivity index (χ3n) is 3.03. The van der Waals surface area contributed by atoms with Crippen molar-refractivity contribution in [3.05, 3.63) is 12.2 Å². The predicted octanol–water partition coefficient (Wildman–Crippen LogP) is 1.35. The number of epoxide rings is 1. The molecule has 0 aromatic heterocycles. The Kier molecular flexibility index (Phi) is 0.552. The Balaban J connectivity index is 2.04. The van der Waals surface area contributed by atoms with Crippen molar-refractivity contribution in [2.75, 3.05) is 0 Å². The van der Waals surface area contributed by atoms with Crippen LogP contribution in [0.4, 0.5) is 0 Å². The Hall–Kier alpha value is -0.300. The van der Waals surface area contributed by atoms with E-state index in [9.17, 15) is 0 Å². The molecule has 1 heterocycles. The van der Waals surface area contributed by atoms with E-state index < -0.39 is 0 Å². The van der Waals surface area contributed by atoms with Gasteiger partial charge >= 0.3 is 0 Å². The summed E-state index contributed by atoms with van der Waals surface area (Å²) < 4.78 is 5.45. The van der Waals surface area contributed by atoms with Crippen molar-refractivity contribution in [2.45, 2.75) is 25.0 Å². The molecule has 9 heavy (non-hydrogen) atoms. The molecule has 0 radical (unpaired) electrons. The molecule has 0 spiro atoms. The van der Waals surface area contributed by atoms with Gasteiger partial charge in [-0.15, -0.1) is 0 Å². The van der Waals surface area contributed by atoms with Crippen molar-refractivity contribution in [3.63, 3.8) is 0 Å². The van der Waals surface area contributed by atoms with Gasteiger partial charge in [0.25, 0.3) is 0 Å². The molecule has 48 valence electrons. The lowest BCUT2D eigenvalue weighted by Crippen LogP contribution is -2.07. The van der Waals surface area contributed by atoms with E-state index in [-0.39, 0.29) is 0 Å².